The van der Waals surface area contributed by atoms with E-state index < -0.39 is 39.5 Å². The molecular formula is C13H15BrF3NO5S. The lowest BCUT2D eigenvalue weighted by atomic mass is 10.3. The summed E-state index contributed by atoms with van der Waals surface area (Å²) in [7, 11) is -4.40. The lowest BCUT2D eigenvalue weighted by Crippen LogP contribution is -2.31. The average molecular weight is 434 g/mol. The van der Waals surface area contributed by atoms with Crippen LogP contribution in [0.3, 0.4) is 0 Å². The SMILES string of the molecule is CCCCOC(=O)CNS(=O)(=O)c1ccc(Br)cc1OC(F)(F)F. The van der Waals surface area contributed by atoms with Gasteiger partial charge in [0.2, 0.25) is 10.0 Å². The number of ether oxygens (including phenoxy) is 2. The van der Waals surface area contributed by atoms with Crippen LogP contribution in [0.15, 0.2) is 27.6 Å². The molecule has 0 spiro atoms. The van der Waals surface area contributed by atoms with Crippen LogP contribution >= 0.6 is 15.9 Å². The third kappa shape index (κ3) is 7.05. The molecule has 11 heteroatoms. The van der Waals surface area contributed by atoms with Gasteiger partial charge in [0.25, 0.3) is 0 Å². The summed E-state index contributed by atoms with van der Waals surface area (Å²) in [5, 5.41) is 0. The van der Waals surface area contributed by atoms with Gasteiger partial charge in [-0.15, -0.1) is 13.2 Å². The van der Waals surface area contributed by atoms with Crippen LogP contribution in [0.25, 0.3) is 0 Å². The van der Waals surface area contributed by atoms with E-state index in [0.717, 1.165) is 18.6 Å². The highest BCUT2D eigenvalue weighted by Gasteiger charge is 2.34. The van der Waals surface area contributed by atoms with E-state index in [4.69, 9.17) is 4.74 Å². The first-order valence-electron chi connectivity index (χ1n) is 6.75. The summed E-state index contributed by atoms with van der Waals surface area (Å²) < 4.78 is 72.0. The smallest absolute Gasteiger partial charge is 0.465 e. The number of alkyl halides is 3. The van der Waals surface area contributed by atoms with Gasteiger partial charge in [-0.1, -0.05) is 29.3 Å². The summed E-state index contributed by atoms with van der Waals surface area (Å²) in [5.74, 6) is -1.74. The first-order valence-corrected chi connectivity index (χ1v) is 9.03. The van der Waals surface area contributed by atoms with Gasteiger partial charge in [-0.25, -0.2) is 8.42 Å². The quantitative estimate of drug-likeness (QED) is 0.503. The summed E-state index contributed by atoms with van der Waals surface area (Å²) in [6.45, 7) is 1.32. The van der Waals surface area contributed by atoms with Crippen molar-refractivity contribution in [3.05, 3.63) is 22.7 Å². The van der Waals surface area contributed by atoms with E-state index in [-0.39, 0.29) is 11.1 Å². The largest absolute Gasteiger partial charge is 0.573 e. The molecule has 0 aliphatic rings. The number of hydrogen-bond donors (Lipinski definition) is 1. The zero-order valence-corrected chi connectivity index (χ0v) is 14.9. The average Bonchev–Trinajstić information content (AvgIpc) is 2.43. The predicted molar refractivity (Wildman–Crippen MR) is 81.9 cm³/mol. The number of hydrogen-bond acceptors (Lipinski definition) is 5. The molecular weight excluding hydrogens is 419 g/mol. The van der Waals surface area contributed by atoms with Crippen molar-refractivity contribution >= 4 is 31.9 Å². The molecule has 0 amide bonds. The first kappa shape index (κ1) is 20.7. The zero-order valence-electron chi connectivity index (χ0n) is 12.5. The van der Waals surface area contributed by atoms with Crippen molar-refractivity contribution in [2.45, 2.75) is 31.0 Å². The van der Waals surface area contributed by atoms with Crippen LogP contribution in [-0.4, -0.2) is 33.9 Å². The fourth-order valence-corrected chi connectivity index (χ4v) is 2.94. The van der Waals surface area contributed by atoms with Gasteiger partial charge in [-0.2, -0.15) is 4.72 Å². The van der Waals surface area contributed by atoms with Crippen molar-refractivity contribution in [1.29, 1.82) is 0 Å². The Morgan fingerprint density at radius 1 is 1.33 bits per heavy atom. The van der Waals surface area contributed by atoms with E-state index in [2.05, 4.69) is 20.7 Å². The first-order chi connectivity index (χ1) is 11.0. The minimum Gasteiger partial charge on any atom is -0.465 e. The van der Waals surface area contributed by atoms with Crippen molar-refractivity contribution in [3.8, 4) is 5.75 Å². The molecule has 0 bridgehead atoms. The summed E-state index contributed by atoms with van der Waals surface area (Å²) in [6, 6.07) is 3.02. The molecule has 0 saturated carbocycles. The van der Waals surface area contributed by atoms with Crippen LogP contribution < -0.4 is 9.46 Å². The maximum Gasteiger partial charge on any atom is 0.573 e. The molecule has 0 fully saturated rings. The molecule has 1 aromatic carbocycles. The van der Waals surface area contributed by atoms with Crippen molar-refractivity contribution in [2.75, 3.05) is 13.2 Å². The predicted octanol–water partition coefficient (Wildman–Crippen LogP) is 2.97. The molecule has 136 valence electrons. The molecule has 0 unspecified atom stereocenters. The zero-order chi connectivity index (χ0) is 18.4. The standard InChI is InChI=1S/C13H15BrF3NO5S/c1-2-3-6-22-12(19)8-18-24(20,21)11-5-4-9(14)7-10(11)23-13(15,16)17/h4-5,7,18H,2-3,6,8H2,1H3. The molecule has 1 aromatic rings. The molecule has 0 radical (unpaired) electrons. The molecule has 0 atom stereocenters. The minimum atomic E-state index is -5.07. The lowest BCUT2D eigenvalue weighted by Gasteiger charge is -2.14. The van der Waals surface area contributed by atoms with Gasteiger partial charge in [0.15, 0.2) is 5.75 Å². The second-order valence-electron chi connectivity index (χ2n) is 4.54. The van der Waals surface area contributed by atoms with Crippen molar-refractivity contribution in [1.82, 2.24) is 4.72 Å². The molecule has 1 rings (SSSR count). The van der Waals surface area contributed by atoms with Crippen LogP contribution in [0.5, 0.6) is 5.75 Å². The van der Waals surface area contributed by atoms with E-state index in [1.807, 2.05) is 11.6 Å². The van der Waals surface area contributed by atoms with Crippen LogP contribution in [0.4, 0.5) is 13.2 Å². The van der Waals surface area contributed by atoms with Gasteiger partial charge >= 0.3 is 12.3 Å². The van der Waals surface area contributed by atoms with Gasteiger partial charge in [0.1, 0.15) is 11.4 Å². The number of benzene rings is 1. The molecule has 24 heavy (non-hydrogen) atoms. The molecule has 0 aliphatic carbocycles. The van der Waals surface area contributed by atoms with Gasteiger partial charge < -0.3 is 9.47 Å². The van der Waals surface area contributed by atoms with Crippen LogP contribution in [-0.2, 0) is 19.6 Å². The Hall–Kier alpha value is -1.33. The monoisotopic (exact) mass is 433 g/mol. The Balaban J connectivity index is 2.88. The molecule has 6 nitrogen and oxygen atoms in total. The molecule has 1 N–H and O–H groups in total. The number of unbranched alkanes of at least 4 members (excludes halogenated alkanes) is 1. The topological polar surface area (TPSA) is 81.7 Å². The minimum absolute atomic E-state index is 0.137. The number of nitrogens with one attached hydrogen (secondary N) is 1. The number of halogens is 4. The van der Waals surface area contributed by atoms with Gasteiger partial charge in [0, 0.05) is 4.47 Å². The lowest BCUT2D eigenvalue weighted by molar-refractivity contribution is -0.275. The highest BCUT2D eigenvalue weighted by molar-refractivity contribution is 9.10. The Bertz CT molecular complexity index is 679. The Kier molecular flexibility index (Phi) is 7.49. The molecule has 0 aliphatic heterocycles. The fraction of sp³-hybridized carbons (Fsp3) is 0.462. The molecule has 0 saturated heterocycles. The second-order valence-corrected chi connectivity index (χ2v) is 7.19. The summed E-state index contributed by atoms with van der Waals surface area (Å²) in [5.41, 5.74) is 0. The highest BCUT2D eigenvalue weighted by Crippen LogP contribution is 2.32. The maximum absolute atomic E-state index is 12.4. The van der Waals surface area contributed by atoms with Crippen LogP contribution in [0, 0.1) is 0 Å². The third-order valence-corrected chi connectivity index (χ3v) is 4.52. The van der Waals surface area contributed by atoms with E-state index >= 15 is 0 Å². The van der Waals surface area contributed by atoms with Crippen molar-refractivity contribution in [3.63, 3.8) is 0 Å². The maximum atomic E-state index is 12.4. The van der Waals surface area contributed by atoms with E-state index in [1.165, 1.54) is 6.07 Å². The van der Waals surface area contributed by atoms with E-state index in [0.29, 0.717) is 6.42 Å². The van der Waals surface area contributed by atoms with E-state index in [9.17, 15) is 26.4 Å². The summed E-state index contributed by atoms with van der Waals surface area (Å²) in [4.78, 5) is 10.6. The third-order valence-electron chi connectivity index (χ3n) is 2.59. The number of carbonyl (C=O) groups excluding carboxylic acids is 1. The number of carbonyl (C=O) groups is 1. The fourth-order valence-electron chi connectivity index (χ4n) is 1.52. The summed E-state index contributed by atoms with van der Waals surface area (Å²) >= 11 is 2.93. The van der Waals surface area contributed by atoms with Crippen LogP contribution in [0.1, 0.15) is 19.8 Å². The van der Waals surface area contributed by atoms with E-state index in [1.54, 1.807) is 0 Å². The van der Waals surface area contributed by atoms with Crippen molar-refractivity contribution < 1.29 is 35.9 Å². The van der Waals surface area contributed by atoms with Crippen molar-refractivity contribution in [2.24, 2.45) is 0 Å². The molecule has 0 aromatic heterocycles. The normalized spacial score (nSPS) is 12.0. The Morgan fingerprint density at radius 3 is 2.58 bits per heavy atom. The van der Waals surface area contributed by atoms with Gasteiger partial charge in [-0.3, -0.25) is 4.79 Å². The second kappa shape index (κ2) is 8.67. The Labute approximate surface area is 145 Å². The number of sulfonamides is 1. The number of esters is 1. The Morgan fingerprint density at radius 2 is 2.00 bits per heavy atom. The van der Waals surface area contributed by atoms with Crippen LogP contribution in [0.2, 0.25) is 0 Å². The van der Waals surface area contributed by atoms with Gasteiger partial charge in [0.05, 0.1) is 6.61 Å². The number of rotatable bonds is 8. The summed E-state index contributed by atoms with van der Waals surface area (Å²) in [6.07, 6.45) is -3.66. The molecule has 0 heterocycles. The highest BCUT2D eigenvalue weighted by atomic mass is 79.9. The van der Waals surface area contributed by atoms with Gasteiger partial charge in [-0.05, 0) is 24.6 Å².